The maximum atomic E-state index is 5.99. The molecule has 0 aliphatic rings. The Labute approximate surface area is 140 Å². The van der Waals surface area contributed by atoms with Crippen molar-refractivity contribution in [1.29, 1.82) is 0 Å². The molecular weight excluding hydrogens is 438 g/mol. The van der Waals surface area contributed by atoms with E-state index in [1.165, 1.54) is 0 Å². The summed E-state index contributed by atoms with van der Waals surface area (Å²) in [5, 5.41) is 0.753. The molecule has 1 atom stereocenters. The Hall–Kier alpha value is -0.100. The van der Waals surface area contributed by atoms with Crippen LogP contribution in [0.1, 0.15) is 17.2 Å². The van der Waals surface area contributed by atoms with Crippen LogP contribution in [0.15, 0.2) is 53.0 Å². The topological polar surface area (TPSA) is 9.23 Å². The van der Waals surface area contributed by atoms with Gasteiger partial charge in [-0.25, -0.2) is 0 Å². The van der Waals surface area contributed by atoms with Crippen molar-refractivity contribution in [2.75, 3.05) is 4.43 Å². The zero-order chi connectivity index (χ0) is 13.7. The van der Waals surface area contributed by atoms with Crippen molar-refractivity contribution in [1.82, 2.24) is 0 Å². The molecule has 4 heteroatoms. The quantitative estimate of drug-likeness (QED) is 0.413. The summed E-state index contributed by atoms with van der Waals surface area (Å²) in [4.78, 5) is 0. The van der Waals surface area contributed by atoms with Gasteiger partial charge in [-0.15, -0.1) is 0 Å². The van der Waals surface area contributed by atoms with Crippen LogP contribution in [-0.2, 0) is 11.3 Å². The van der Waals surface area contributed by atoms with Gasteiger partial charge in [0.05, 0.1) is 12.7 Å². The van der Waals surface area contributed by atoms with E-state index in [0.29, 0.717) is 6.61 Å². The first-order chi connectivity index (χ1) is 9.19. The average Bonchev–Trinajstić information content (AvgIpc) is 2.41. The van der Waals surface area contributed by atoms with Gasteiger partial charge >= 0.3 is 0 Å². The summed E-state index contributed by atoms with van der Waals surface area (Å²) in [6.45, 7) is 0.607. The number of hydrogen-bond donors (Lipinski definition) is 0. The second-order valence-corrected chi connectivity index (χ2v) is 6.37. The van der Waals surface area contributed by atoms with E-state index in [0.717, 1.165) is 25.0 Å². The highest BCUT2D eigenvalue weighted by Crippen LogP contribution is 2.23. The lowest BCUT2D eigenvalue weighted by Gasteiger charge is -2.16. The summed E-state index contributed by atoms with van der Waals surface area (Å²) in [7, 11) is 0. The standard InChI is InChI=1S/C15H13BrClIO/c16-13-3-1-2-11(8-13)10-19-15(9-18)12-4-6-14(17)7-5-12/h1-8,15H,9-10H2. The molecule has 0 saturated carbocycles. The van der Waals surface area contributed by atoms with E-state index in [9.17, 15) is 0 Å². The van der Waals surface area contributed by atoms with Crippen LogP contribution in [0.5, 0.6) is 0 Å². The fourth-order valence-electron chi connectivity index (χ4n) is 1.73. The molecule has 0 bridgehead atoms. The maximum absolute atomic E-state index is 5.99. The molecule has 1 unspecified atom stereocenters. The molecule has 19 heavy (non-hydrogen) atoms. The fourth-order valence-corrected chi connectivity index (χ4v) is 3.07. The van der Waals surface area contributed by atoms with Gasteiger partial charge in [0.2, 0.25) is 0 Å². The van der Waals surface area contributed by atoms with E-state index >= 15 is 0 Å². The third-order valence-corrected chi connectivity index (χ3v) is 4.27. The summed E-state index contributed by atoms with van der Waals surface area (Å²) in [6.07, 6.45) is 0.0943. The van der Waals surface area contributed by atoms with Crippen molar-refractivity contribution >= 4 is 50.1 Å². The number of ether oxygens (including phenoxy) is 1. The minimum absolute atomic E-state index is 0.0943. The van der Waals surface area contributed by atoms with Crippen molar-refractivity contribution in [3.63, 3.8) is 0 Å². The van der Waals surface area contributed by atoms with Gasteiger partial charge in [0, 0.05) is 13.9 Å². The summed E-state index contributed by atoms with van der Waals surface area (Å²) in [6, 6.07) is 16.0. The van der Waals surface area contributed by atoms with Crippen LogP contribution in [0.4, 0.5) is 0 Å². The lowest BCUT2D eigenvalue weighted by Crippen LogP contribution is -2.05. The number of alkyl halides is 1. The molecule has 0 N–H and O–H groups in total. The number of hydrogen-bond acceptors (Lipinski definition) is 1. The molecule has 0 aliphatic carbocycles. The third-order valence-electron chi connectivity index (χ3n) is 2.72. The Kier molecular flexibility index (Phi) is 6.13. The minimum Gasteiger partial charge on any atom is -0.368 e. The minimum atomic E-state index is 0.0943. The summed E-state index contributed by atoms with van der Waals surface area (Å²) >= 11 is 11.7. The molecule has 0 saturated heterocycles. The molecular formula is C15H13BrClIO. The van der Waals surface area contributed by atoms with E-state index in [2.05, 4.69) is 50.7 Å². The first-order valence-electron chi connectivity index (χ1n) is 5.86. The summed E-state index contributed by atoms with van der Waals surface area (Å²) < 4.78 is 7.97. The van der Waals surface area contributed by atoms with Gasteiger partial charge in [0.1, 0.15) is 0 Å². The molecule has 0 spiro atoms. The number of rotatable bonds is 5. The molecule has 0 aromatic heterocycles. The molecule has 0 fully saturated rings. The van der Waals surface area contributed by atoms with Crippen LogP contribution in [-0.4, -0.2) is 4.43 Å². The number of benzene rings is 2. The van der Waals surface area contributed by atoms with Crippen molar-refractivity contribution < 1.29 is 4.74 Å². The molecule has 1 nitrogen and oxygen atoms in total. The van der Waals surface area contributed by atoms with Gasteiger partial charge in [-0.05, 0) is 35.4 Å². The first kappa shape index (κ1) is 15.3. The molecule has 0 heterocycles. The lowest BCUT2D eigenvalue weighted by atomic mass is 10.1. The van der Waals surface area contributed by atoms with Crippen molar-refractivity contribution in [3.8, 4) is 0 Å². The molecule has 100 valence electrons. The van der Waals surface area contributed by atoms with Gasteiger partial charge in [0.15, 0.2) is 0 Å². The average molecular weight is 452 g/mol. The SMILES string of the molecule is Clc1ccc(C(CI)OCc2cccc(Br)c2)cc1. The van der Waals surface area contributed by atoms with E-state index in [1.807, 2.05) is 36.4 Å². The largest absolute Gasteiger partial charge is 0.368 e. The second kappa shape index (κ2) is 7.62. The summed E-state index contributed by atoms with van der Waals surface area (Å²) in [5.74, 6) is 0. The third kappa shape index (κ3) is 4.74. The van der Waals surface area contributed by atoms with Crippen LogP contribution in [0.25, 0.3) is 0 Å². The number of halogens is 3. The zero-order valence-corrected chi connectivity index (χ0v) is 14.7. The Balaban J connectivity index is 2.01. The Bertz CT molecular complexity index is 530. The Morgan fingerprint density at radius 1 is 1.16 bits per heavy atom. The molecule has 0 amide bonds. The normalized spacial score (nSPS) is 12.4. The van der Waals surface area contributed by atoms with E-state index < -0.39 is 0 Å². The predicted octanol–water partition coefficient (Wildman–Crippen LogP) is 5.80. The zero-order valence-electron chi connectivity index (χ0n) is 10.2. The predicted molar refractivity (Wildman–Crippen MR) is 92.0 cm³/mol. The van der Waals surface area contributed by atoms with Crippen molar-refractivity contribution in [2.45, 2.75) is 12.7 Å². The van der Waals surface area contributed by atoms with Gasteiger partial charge in [-0.2, -0.15) is 0 Å². The molecule has 0 aliphatic heterocycles. The fraction of sp³-hybridized carbons (Fsp3) is 0.200. The van der Waals surface area contributed by atoms with E-state index in [1.54, 1.807) is 0 Å². The van der Waals surface area contributed by atoms with Crippen LogP contribution in [0, 0.1) is 0 Å². The van der Waals surface area contributed by atoms with Crippen molar-refractivity contribution in [3.05, 3.63) is 69.2 Å². The lowest BCUT2D eigenvalue weighted by molar-refractivity contribution is 0.0577. The monoisotopic (exact) mass is 450 g/mol. The van der Waals surface area contributed by atoms with Crippen LogP contribution < -0.4 is 0 Å². The second-order valence-electron chi connectivity index (χ2n) is 4.14. The van der Waals surface area contributed by atoms with Gasteiger partial charge in [-0.3, -0.25) is 0 Å². The highest BCUT2D eigenvalue weighted by atomic mass is 127. The highest BCUT2D eigenvalue weighted by molar-refractivity contribution is 14.1. The molecule has 2 rings (SSSR count). The van der Waals surface area contributed by atoms with E-state index in [-0.39, 0.29) is 6.10 Å². The van der Waals surface area contributed by atoms with Crippen LogP contribution in [0.2, 0.25) is 5.02 Å². The molecule has 0 radical (unpaired) electrons. The highest BCUT2D eigenvalue weighted by Gasteiger charge is 2.10. The Morgan fingerprint density at radius 2 is 1.89 bits per heavy atom. The van der Waals surface area contributed by atoms with Gasteiger partial charge in [-0.1, -0.05) is 74.4 Å². The van der Waals surface area contributed by atoms with Crippen LogP contribution in [0.3, 0.4) is 0 Å². The van der Waals surface area contributed by atoms with Crippen LogP contribution >= 0.6 is 50.1 Å². The van der Waals surface area contributed by atoms with Crippen molar-refractivity contribution in [2.24, 2.45) is 0 Å². The summed E-state index contributed by atoms with van der Waals surface area (Å²) in [5.41, 5.74) is 2.33. The smallest absolute Gasteiger partial charge is 0.0918 e. The van der Waals surface area contributed by atoms with E-state index in [4.69, 9.17) is 16.3 Å². The maximum Gasteiger partial charge on any atom is 0.0918 e. The first-order valence-corrected chi connectivity index (χ1v) is 8.56. The Morgan fingerprint density at radius 3 is 2.53 bits per heavy atom. The van der Waals surface area contributed by atoms with Gasteiger partial charge < -0.3 is 4.74 Å². The molecule has 2 aromatic rings. The molecule has 2 aromatic carbocycles. The van der Waals surface area contributed by atoms with Gasteiger partial charge in [0.25, 0.3) is 0 Å².